The van der Waals surface area contributed by atoms with Gasteiger partial charge in [-0.05, 0) is 57.5 Å². The quantitative estimate of drug-likeness (QED) is 0.394. The van der Waals surface area contributed by atoms with Crippen molar-refractivity contribution in [1.82, 2.24) is 0 Å². The first-order valence-corrected chi connectivity index (χ1v) is 12.0. The summed E-state index contributed by atoms with van der Waals surface area (Å²) in [6.45, 7) is 7.12. The summed E-state index contributed by atoms with van der Waals surface area (Å²) in [6.07, 6.45) is -0.385. The van der Waals surface area contributed by atoms with Crippen LogP contribution >= 0.6 is 11.3 Å². The highest BCUT2D eigenvalue weighted by Crippen LogP contribution is 2.36. The lowest BCUT2D eigenvalue weighted by molar-refractivity contribution is 0.0379. The molecule has 0 spiro atoms. The molecule has 0 fully saturated rings. The van der Waals surface area contributed by atoms with Crippen LogP contribution in [0.25, 0.3) is 0 Å². The van der Waals surface area contributed by atoms with Crippen LogP contribution < -0.4 is 19.5 Å². The Labute approximate surface area is 211 Å². The van der Waals surface area contributed by atoms with Crippen LogP contribution in [0.5, 0.6) is 17.2 Å². The lowest BCUT2D eigenvalue weighted by Gasteiger charge is -2.10. The molecule has 0 unspecified atom stereocenters. The number of esters is 2. The second-order valence-electron chi connectivity index (χ2n) is 7.96. The van der Waals surface area contributed by atoms with E-state index in [0.717, 1.165) is 11.3 Å². The molecule has 3 aromatic rings. The van der Waals surface area contributed by atoms with Gasteiger partial charge < -0.3 is 33.4 Å². The second-order valence-corrected chi connectivity index (χ2v) is 8.98. The first-order chi connectivity index (χ1) is 17.3. The Kier molecular flexibility index (Phi) is 7.49. The summed E-state index contributed by atoms with van der Waals surface area (Å²) in [7, 11) is 0. The molecule has 1 aliphatic rings. The zero-order valence-corrected chi connectivity index (χ0v) is 21.0. The number of rotatable bonds is 9. The van der Waals surface area contributed by atoms with E-state index in [1.807, 2.05) is 0 Å². The highest BCUT2D eigenvalue weighted by molar-refractivity contribution is 7.18. The summed E-state index contributed by atoms with van der Waals surface area (Å²) < 4.78 is 32.3. The third kappa shape index (κ3) is 5.46. The topological polar surface area (TPSA) is 123 Å². The summed E-state index contributed by atoms with van der Waals surface area (Å²) in [4.78, 5) is 38.2. The van der Waals surface area contributed by atoms with E-state index in [-0.39, 0.29) is 47.3 Å². The number of thiophene rings is 1. The number of nitrogens with one attached hydrogen (secondary N) is 1. The van der Waals surface area contributed by atoms with Gasteiger partial charge in [-0.3, -0.25) is 4.79 Å². The zero-order valence-electron chi connectivity index (χ0n) is 20.2. The van der Waals surface area contributed by atoms with Crippen molar-refractivity contribution in [3.8, 4) is 17.2 Å². The van der Waals surface area contributed by atoms with Gasteiger partial charge in [0, 0.05) is 6.07 Å². The maximum atomic E-state index is 12.9. The van der Waals surface area contributed by atoms with Crippen molar-refractivity contribution in [2.45, 2.75) is 40.4 Å². The summed E-state index contributed by atoms with van der Waals surface area (Å²) >= 11 is 0.941. The van der Waals surface area contributed by atoms with Gasteiger partial charge in [0.25, 0.3) is 5.91 Å². The van der Waals surface area contributed by atoms with Crippen molar-refractivity contribution in [2.75, 3.05) is 18.7 Å². The number of carbonyl (C=O) groups excluding carboxylic acids is 3. The number of furan rings is 1. The molecule has 3 heterocycles. The highest BCUT2D eigenvalue weighted by atomic mass is 32.1. The molecule has 10 nitrogen and oxygen atoms in total. The number of anilines is 1. The van der Waals surface area contributed by atoms with Crippen LogP contribution in [0.2, 0.25) is 0 Å². The first kappa shape index (κ1) is 25.1. The van der Waals surface area contributed by atoms with Gasteiger partial charge in [-0.15, -0.1) is 11.3 Å². The van der Waals surface area contributed by atoms with Crippen molar-refractivity contribution in [3.05, 3.63) is 57.9 Å². The number of ether oxygens (including phenoxy) is 5. The second kappa shape index (κ2) is 10.7. The average molecular weight is 516 g/mol. The summed E-state index contributed by atoms with van der Waals surface area (Å²) in [6, 6.07) is 8.29. The van der Waals surface area contributed by atoms with E-state index in [1.165, 1.54) is 6.07 Å². The molecule has 0 radical (unpaired) electrons. The van der Waals surface area contributed by atoms with Gasteiger partial charge in [-0.2, -0.15) is 0 Å². The van der Waals surface area contributed by atoms with Crippen LogP contribution in [0.1, 0.15) is 62.7 Å². The number of amides is 1. The molecular formula is C25H25NO9S. The Hall–Kier alpha value is -3.99. The normalized spacial score (nSPS) is 11.9. The number of carbonyl (C=O) groups is 3. The van der Waals surface area contributed by atoms with E-state index in [0.29, 0.717) is 28.6 Å². The minimum atomic E-state index is -0.651. The monoisotopic (exact) mass is 515 g/mol. The molecule has 2 aromatic heterocycles. The minimum Gasteiger partial charge on any atom is -0.486 e. The summed E-state index contributed by atoms with van der Waals surface area (Å²) in [5.41, 5.74) is 0.472. The molecule has 0 saturated carbocycles. The Morgan fingerprint density at radius 1 is 1.08 bits per heavy atom. The largest absolute Gasteiger partial charge is 0.486 e. The number of hydrogen-bond donors (Lipinski definition) is 1. The molecule has 36 heavy (non-hydrogen) atoms. The molecular weight excluding hydrogens is 490 g/mol. The van der Waals surface area contributed by atoms with E-state index >= 15 is 0 Å². The van der Waals surface area contributed by atoms with E-state index in [2.05, 4.69) is 5.32 Å². The van der Waals surface area contributed by atoms with Crippen LogP contribution in [0.15, 0.2) is 34.7 Å². The van der Waals surface area contributed by atoms with Crippen molar-refractivity contribution in [2.24, 2.45) is 0 Å². The van der Waals surface area contributed by atoms with Gasteiger partial charge in [0.15, 0.2) is 17.3 Å². The molecule has 4 rings (SSSR count). The van der Waals surface area contributed by atoms with Gasteiger partial charge in [-0.25, -0.2) is 9.59 Å². The lowest BCUT2D eigenvalue weighted by Crippen LogP contribution is -2.16. The van der Waals surface area contributed by atoms with Crippen LogP contribution in [-0.2, 0) is 16.1 Å². The van der Waals surface area contributed by atoms with Crippen molar-refractivity contribution in [3.63, 3.8) is 0 Å². The van der Waals surface area contributed by atoms with Gasteiger partial charge >= 0.3 is 11.9 Å². The molecule has 1 amide bonds. The van der Waals surface area contributed by atoms with Crippen molar-refractivity contribution in [1.29, 1.82) is 0 Å². The van der Waals surface area contributed by atoms with Gasteiger partial charge in [0.1, 0.15) is 28.0 Å². The van der Waals surface area contributed by atoms with Crippen molar-refractivity contribution >= 4 is 34.2 Å². The van der Waals surface area contributed by atoms with E-state index in [1.54, 1.807) is 52.0 Å². The van der Waals surface area contributed by atoms with E-state index in [9.17, 15) is 14.4 Å². The standard InChI is InChI=1S/C25H25NO9S/c1-5-30-25(29)21-14(4)20(24(28)34-13(2)3)23(36-21)26-22(27)18-9-7-16(35-18)11-31-15-6-8-17-19(10-15)33-12-32-17/h6-10,13H,5,11-12H2,1-4H3,(H,26,27). The molecule has 0 atom stereocenters. The Morgan fingerprint density at radius 2 is 1.86 bits per heavy atom. The molecule has 0 saturated heterocycles. The fourth-order valence-electron chi connectivity index (χ4n) is 3.38. The van der Waals surface area contributed by atoms with E-state index < -0.39 is 17.8 Å². The van der Waals surface area contributed by atoms with Gasteiger partial charge in [0.2, 0.25) is 6.79 Å². The Morgan fingerprint density at radius 3 is 2.61 bits per heavy atom. The maximum absolute atomic E-state index is 12.9. The average Bonchev–Trinajstić information content (AvgIpc) is 3.55. The number of benzene rings is 1. The fourth-order valence-corrected chi connectivity index (χ4v) is 4.46. The highest BCUT2D eigenvalue weighted by Gasteiger charge is 2.28. The summed E-state index contributed by atoms with van der Waals surface area (Å²) in [5.74, 6) is 0.369. The third-order valence-corrected chi connectivity index (χ3v) is 6.18. The molecule has 190 valence electrons. The predicted octanol–water partition coefficient (Wildman–Crippen LogP) is 4.95. The zero-order chi connectivity index (χ0) is 25.8. The molecule has 1 aliphatic heterocycles. The van der Waals surface area contributed by atoms with Crippen LogP contribution in [0.4, 0.5) is 5.00 Å². The number of hydrogen-bond acceptors (Lipinski definition) is 10. The maximum Gasteiger partial charge on any atom is 0.348 e. The van der Waals surface area contributed by atoms with Crippen LogP contribution in [0.3, 0.4) is 0 Å². The first-order valence-electron chi connectivity index (χ1n) is 11.2. The molecule has 1 N–H and O–H groups in total. The van der Waals surface area contributed by atoms with Crippen LogP contribution in [0, 0.1) is 6.92 Å². The molecule has 0 bridgehead atoms. The lowest BCUT2D eigenvalue weighted by atomic mass is 10.1. The SMILES string of the molecule is CCOC(=O)c1sc(NC(=O)c2ccc(COc3ccc4c(c3)OCO4)o2)c(C(=O)OC(C)C)c1C. The van der Waals surface area contributed by atoms with Crippen molar-refractivity contribution < 1.29 is 42.5 Å². The summed E-state index contributed by atoms with van der Waals surface area (Å²) in [5, 5.41) is 2.83. The number of fused-ring (bicyclic) bond motifs is 1. The fraction of sp³-hybridized carbons (Fsp3) is 0.320. The third-order valence-electron chi connectivity index (χ3n) is 4.99. The predicted molar refractivity (Wildman–Crippen MR) is 129 cm³/mol. The van der Waals surface area contributed by atoms with Gasteiger partial charge in [0.05, 0.1) is 18.3 Å². The molecule has 11 heteroatoms. The minimum absolute atomic E-state index is 0.00574. The van der Waals surface area contributed by atoms with Gasteiger partial charge in [-0.1, -0.05) is 0 Å². The molecule has 1 aromatic carbocycles. The smallest absolute Gasteiger partial charge is 0.348 e. The van der Waals surface area contributed by atoms with Crippen LogP contribution in [-0.4, -0.2) is 37.3 Å². The Bertz CT molecular complexity index is 1290. The van der Waals surface area contributed by atoms with E-state index in [4.69, 9.17) is 28.1 Å². The Balaban J connectivity index is 1.48. The molecule has 0 aliphatic carbocycles.